The predicted octanol–water partition coefficient (Wildman–Crippen LogP) is 1.01. The number of rotatable bonds is 0. The Kier molecular flexibility index (Phi) is 2.27. The molecule has 0 aromatic heterocycles. The summed E-state index contributed by atoms with van der Waals surface area (Å²) < 4.78 is 0. The zero-order chi connectivity index (χ0) is 7.56. The molecular formula is C6H8ClNO2. The molecule has 0 radical (unpaired) electrons. The number of piperidine rings is 1. The van der Waals surface area contributed by atoms with Gasteiger partial charge in [0.2, 0.25) is 0 Å². The lowest BCUT2D eigenvalue weighted by Crippen LogP contribution is -2.35. The molecule has 1 heterocycles. The fraction of sp³-hybridized carbons (Fsp3) is 0.667. The minimum Gasteiger partial charge on any atom is -0.328 e. The van der Waals surface area contributed by atoms with Crippen LogP contribution in [0.15, 0.2) is 0 Å². The molecule has 4 heteroatoms. The third-order valence-electron chi connectivity index (χ3n) is 1.57. The van der Waals surface area contributed by atoms with Crippen molar-refractivity contribution in [1.29, 1.82) is 0 Å². The van der Waals surface area contributed by atoms with Crippen LogP contribution in [0, 0.1) is 0 Å². The van der Waals surface area contributed by atoms with Crippen LogP contribution in [0.25, 0.3) is 0 Å². The van der Waals surface area contributed by atoms with E-state index in [9.17, 15) is 9.59 Å². The molecule has 0 aromatic carbocycles. The van der Waals surface area contributed by atoms with Crippen LogP contribution in [0.5, 0.6) is 0 Å². The number of carbonyl (C=O) groups excluding carboxylic acids is 2. The molecule has 0 aromatic rings. The van der Waals surface area contributed by atoms with Crippen LogP contribution >= 0.6 is 11.6 Å². The first kappa shape index (κ1) is 7.54. The largest absolute Gasteiger partial charge is 0.328 e. The summed E-state index contributed by atoms with van der Waals surface area (Å²) >= 11 is 5.18. The SMILES string of the molecule is O=C1CCN(C(=O)Cl)CC1. The van der Waals surface area contributed by atoms with Crippen molar-refractivity contribution in [3.05, 3.63) is 0 Å². The van der Waals surface area contributed by atoms with Gasteiger partial charge in [0.15, 0.2) is 0 Å². The molecule has 1 saturated heterocycles. The second-order valence-electron chi connectivity index (χ2n) is 2.28. The van der Waals surface area contributed by atoms with Crippen LogP contribution in [-0.4, -0.2) is 29.1 Å². The Morgan fingerprint density at radius 1 is 1.40 bits per heavy atom. The van der Waals surface area contributed by atoms with E-state index in [0.29, 0.717) is 25.9 Å². The molecule has 1 fully saturated rings. The van der Waals surface area contributed by atoms with Gasteiger partial charge in [0.1, 0.15) is 5.78 Å². The normalized spacial score (nSPS) is 19.3. The van der Waals surface area contributed by atoms with Gasteiger partial charge in [-0.3, -0.25) is 9.59 Å². The zero-order valence-electron chi connectivity index (χ0n) is 5.47. The van der Waals surface area contributed by atoms with Gasteiger partial charge in [0.05, 0.1) is 0 Å². The molecule has 1 amide bonds. The van der Waals surface area contributed by atoms with Crippen LogP contribution in [0.1, 0.15) is 12.8 Å². The van der Waals surface area contributed by atoms with Gasteiger partial charge in [-0.2, -0.15) is 0 Å². The molecule has 0 saturated carbocycles. The lowest BCUT2D eigenvalue weighted by molar-refractivity contribution is -0.120. The van der Waals surface area contributed by atoms with Crippen molar-refractivity contribution in [3.8, 4) is 0 Å². The smallest absolute Gasteiger partial charge is 0.316 e. The summed E-state index contributed by atoms with van der Waals surface area (Å²) in [6, 6.07) is 0. The Morgan fingerprint density at radius 3 is 2.30 bits per heavy atom. The highest BCUT2D eigenvalue weighted by atomic mass is 35.5. The molecule has 0 unspecified atom stereocenters. The van der Waals surface area contributed by atoms with Crippen molar-refractivity contribution in [2.75, 3.05) is 13.1 Å². The van der Waals surface area contributed by atoms with Gasteiger partial charge in [-0.15, -0.1) is 0 Å². The average molecular weight is 162 g/mol. The van der Waals surface area contributed by atoms with Gasteiger partial charge >= 0.3 is 5.37 Å². The number of halogens is 1. The summed E-state index contributed by atoms with van der Waals surface area (Å²) in [5, 5.41) is -0.451. The Bertz CT molecular complexity index is 159. The molecule has 0 spiro atoms. The zero-order valence-corrected chi connectivity index (χ0v) is 6.23. The number of hydrogen-bond donors (Lipinski definition) is 0. The number of carbonyl (C=O) groups is 2. The summed E-state index contributed by atoms with van der Waals surface area (Å²) in [6.07, 6.45) is 0.914. The highest BCUT2D eigenvalue weighted by molar-refractivity contribution is 6.62. The number of nitrogens with zero attached hydrogens (tertiary/aromatic N) is 1. The third kappa shape index (κ3) is 1.70. The minimum absolute atomic E-state index is 0.217. The van der Waals surface area contributed by atoms with E-state index >= 15 is 0 Å². The maximum Gasteiger partial charge on any atom is 0.316 e. The fourth-order valence-electron chi connectivity index (χ4n) is 0.932. The molecule has 56 valence electrons. The molecule has 1 rings (SSSR count). The van der Waals surface area contributed by atoms with Crippen molar-refractivity contribution in [2.24, 2.45) is 0 Å². The van der Waals surface area contributed by atoms with Gasteiger partial charge in [0, 0.05) is 25.9 Å². The van der Waals surface area contributed by atoms with Crippen LogP contribution in [0.3, 0.4) is 0 Å². The van der Waals surface area contributed by atoms with Crippen molar-refractivity contribution >= 4 is 22.8 Å². The van der Waals surface area contributed by atoms with Crippen molar-refractivity contribution in [2.45, 2.75) is 12.8 Å². The van der Waals surface area contributed by atoms with Crippen molar-refractivity contribution in [1.82, 2.24) is 4.90 Å². The molecule has 0 N–H and O–H groups in total. The highest BCUT2D eigenvalue weighted by Gasteiger charge is 2.18. The molecule has 1 aliphatic heterocycles. The quantitative estimate of drug-likeness (QED) is 0.393. The van der Waals surface area contributed by atoms with E-state index in [1.165, 1.54) is 4.90 Å². The summed E-state index contributed by atoms with van der Waals surface area (Å²) in [7, 11) is 0. The number of ketones is 1. The number of amides is 1. The van der Waals surface area contributed by atoms with E-state index in [0.717, 1.165) is 0 Å². The molecule has 0 aliphatic carbocycles. The van der Waals surface area contributed by atoms with Gasteiger partial charge < -0.3 is 4.90 Å². The van der Waals surface area contributed by atoms with Crippen LogP contribution < -0.4 is 0 Å². The number of likely N-dealkylation sites (tertiary alicyclic amines) is 1. The Hall–Kier alpha value is -0.570. The average Bonchev–Trinajstić information content (AvgIpc) is 1.88. The van der Waals surface area contributed by atoms with Gasteiger partial charge in [-0.25, -0.2) is 0 Å². The maximum atomic E-state index is 10.7. The second-order valence-corrected chi connectivity index (χ2v) is 2.60. The monoisotopic (exact) mass is 161 g/mol. The van der Waals surface area contributed by atoms with E-state index in [-0.39, 0.29) is 5.78 Å². The molecule has 1 aliphatic rings. The summed E-state index contributed by atoms with van der Waals surface area (Å²) in [4.78, 5) is 22.6. The molecule has 0 atom stereocenters. The first-order valence-electron chi connectivity index (χ1n) is 3.16. The predicted molar refractivity (Wildman–Crippen MR) is 37.1 cm³/mol. The van der Waals surface area contributed by atoms with E-state index in [4.69, 9.17) is 11.6 Å². The molecular weight excluding hydrogens is 154 g/mol. The lowest BCUT2D eigenvalue weighted by atomic mass is 10.1. The first-order chi connectivity index (χ1) is 4.70. The van der Waals surface area contributed by atoms with Crippen molar-refractivity contribution in [3.63, 3.8) is 0 Å². The topological polar surface area (TPSA) is 37.4 Å². The Morgan fingerprint density at radius 2 is 1.90 bits per heavy atom. The first-order valence-corrected chi connectivity index (χ1v) is 3.54. The third-order valence-corrected chi connectivity index (χ3v) is 1.81. The van der Waals surface area contributed by atoms with Gasteiger partial charge in [0.25, 0.3) is 0 Å². The summed E-state index contributed by atoms with van der Waals surface area (Å²) in [5.41, 5.74) is 0. The summed E-state index contributed by atoms with van der Waals surface area (Å²) in [5.74, 6) is 0.217. The van der Waals surface area contributed by atoms with Crippen LogP contribution in [0.4, 0.5) is 4.79 Å². The van der Waals surface area contributed by atoms with Gasteiger partial charge in [-0.05, 0) is 11.6 Å². The number of hydrogen-bond acceptors (Lipinski definition) is 2. The van der Waals surface area contributed by atoms with E-state index in [1.807, 2.05) is 0 Å². The maximum absolute atomic E-state index is 10.7. The number of Topliss-reactive ketones (excluding diaryl/α,β-unsaturated/α-hetero) is 1. The van der Waals surface area contributed by atoms with Crippen LogP contribution in [0.2, 0.25) is 0 Å². The van der Waals surface area contributed by atoms with Crippen molar-refractivity contribution < 1.29 is 9.59 Å². The summed E-state index contributed by atoms with van der Waals surface area (Å²) in [6.45, 7) is 0.975. The highest BCUT2D eigenvalue weighted by Crippen LogP contribution is 2.07. The second kappa shape index (κ2) is 3.01. The van der Waals surface area contributed by atoms with Gasteiger partial charge in [-0.1, -0.05) is 0 Å². The van der Waals surface area contributed by atoms with Crippen LogP contribution in [-0.2, 0) is 4.79 Å². The van der Waals surface area contributed by atoms with E-state index in [2.05, 4.69) is 0 Å². The van der Waals surface area contributed by atoms with E-state index < -0.39 is 5.37 Å². The Labute approximate surface area is 63.9 Å². The minimum atomic E-state index is -0.451. The molecule has 3 nitrogen and oxygen atoms in total. The fourth-order valence-corrected chi connectivity index (χ4v) is 1.10. The van der Waals surface area contributed by atoms with E-state index in [1.54, 1.807) is 0 Å². The standard InChI is InChI=1S/C6H8ClNO2/c7-6(10)8-3-1-5(9)2-4-8/h1-4H2. The lowest BCUT2D eigenvalue weighted by Gasteiger charge is -2.22. The molecule has 0 bridgehead atoms. The molecule has 10 heavy (non-hydrogen) atoms. The Balaban J connectivity index is 2.40.